The van der Waals surface area contributed by atoms with Gasteiger partial charge in [0.15, 0.2) is 0 Å². The molecule has 0 fully saturated rings. The zero-order valence-corrected chi connectivity index (χ0v) is 11.3. The van der Waals surface area contributed by atoms with Gasteiger partial charge in [-0.25, -0.2) is 0 Å². The van der Waals surface area contributed by atoms with Crippen LogP contribution < -0.4 is 4.74 Å². The zero-order valence-electron chi connectivity index (χ0n) is 10.5. The molecule has 0 aromatic heterocycles. The molecule has 1 unspecified atom stereocenters. The third kappa shape index (κ3) is 2.76. The number of rotatable bonds is 0. The molecule has 0 bridgehead atoms. The molecule has 1 heterocycles. The van der Waals surface area contributed by atoms with E-state index < -0.39 is 11.4 Å². The van der Waals surface area contributed by atoms with Gasteiger partial charge in [-0.05, 0) is 23.1 Å². The van der Waals surface area contributed by atoms with Gasteiger partial charge in [0.1, 0.15) is 17.6 Å². The van der Waals surface area contributed by atoms with Gasteiger partial charge in [0.05, 0.1) is 4.90 Å². The highest BCUT2D eigenvalue weighted by molar-refractivity contribution is 8.00. The normalized spacial score (nSPS) is 20.2. The molecule has 18 heavy (non-hydrogen) atoms. The lowest BCUT2D eigenvalue weighted by atomic mass is 9.87. The van der Waals surface area contributed by atoms with Crippen LogP contribution in [0, 0.1) is 0 Å². The molecule has 0 amide bonds. The molecule has 0 saturated heterocycles. The summed E-state index contributed by atoms with van der Waals surface area (Å²) in [6.45, 7) is 5.79. The van der Waals surface area contributed by atoms with Crippen molar-refractivity contribution in [1.29, 1.82) is 0 Å². The quantitative estimate of drug-likeness (QED) is 0.694. The van der Waals surface area contributed by atoms with Gasteiger partial charge >= 0.3 is 6.18 Å². The molecule has 0 saturated carbocycles. The minimum absolute atomic E-state index is 0.0826. The van der Waals surface area contributed by atoms with E-state index in [-0.39, 0.29) is 12.0 Å². The van der Waals surface area contributed by atoms with Crippen molar-refractivity contribution >= 4 is 11.8 Å². The molecule has 1 aliphatic rings. The third-order valence-corrected chi connectivity index (χ3v) is 4.10. The van der Waals surface area contributed by atoms with Crippen molar-refractivity contribution in [2.75, 3.05) is 6.61 Å². The lowest BCUT2D eigenvalue weighted by Gasteiger charge is -2.28. The second-order valence-electron chi connectivity index (χ2n) is 5.37. The van der Waals surface area contributed by atoms with E-state index in [0.29, 0.717) is 10.6 Å². The topological polar surface area (TPSA) is 9.23 Å². The SMILES string of the molecule is CC(C)(C)c1ccc2c(c1)SC(C(F)(F)F)CO2. The first-order chi connectivity index (χ1) is 8.18. The Balaban J connectivity index is 2.31. The number of alkyl halides is 3. The molecular weight excluding hydrogens is 261 g/mol. The summed E-state index contributed by atoms with van der Waals surface area (Å²) in [6.07, 6.45) is -4.22. The van der Waals surface area contributed by atoms with Gasteiger partial charge in [0.2, 0.25) is 0 Å². The molecule has 1 atom stereocenters. The monoisotopic (exact) mass is 276 g/mol. The Morgan fingerprint density at radius 3 is 2.44 bits per heavy atom. The van der Waals surface area contributed by atoms with Crippen LogP contribution in [0.3, 0.4) is 0 Å². The molecule has 0 N–H and O–H groups in total. The summed E-state index contributed by atoms with van der Waals surface area (Å²) < 4.78 is 43.2. The van der Waals surface area contributed by atoms with Gasteiger partial charge in [-0.1, -0.05) is 26.8 Å². The van der Waals surface area contributed by atoms with Gasteiger partial charge in [-0.15, -0.1) is 11.8 Å². The van der Waals surface area contributed by atoms with Crippen LogP contribution in [-0.2, 0) is 5.41 Å². The first-order valence-electron chi connectivity index (χ1n) is 5.68. The molecule has 5 heteroatoms. The van der Waals surface area contributed by atoms with Crippen molar-refractivity contribution in [2.45, 2.75) is 42.5 Å². The standard InChI is InChI=1S/C13H15F3OS/c1-12(2,3)8-4-5-9-10(6-8)18-11(7-17-9)13(14,15)16/h4-6,11H,7H2,1-3H3. The van der Waals surface area contributed by atoms with Crippen molar-refractivity contribution in [2.24, 2.45) is 0 Å². The highest BCUT2D eigenvalue weighted by Crippen LogP contribution is 2.44. The smallest absolute Gasteiger partial charge is 0.404 e. The highest BCUT2D eigenvalue weighted by Gasteiger charge is 2.43. The average Bonchev–Trinajstić information content (AvgIpc) is 2.25. The maximum absolute atomic E-state index is 12.7. The van der Waals surface area contributed by atoms with Crippen LogP contribution in [0.2, 0.25) is 0 Å². The van der Waals surface area contributed by atoms with E-state index in [1.165, 1.54) is 0 Å². The van der Waals surface area contributed by atoms with Crippen LogP contribution in [-0.4, -0.2) is 18.0 Å². The summed E-state index contributed by atoms with van der Waals surface area (Å²) in [7, 11) is 0. The van der Waals surface area contributed by atoms with Gasteiger partial charge in [0.25, 0.3) is 0 Å². The molecule has 1 aromatic carbocycles. The Bertz CT molecular complexity index is 449. The average molecular weight is 276 g/mol. The van der Waals surface area contributed by atoms with Crippen molar-refractivity contribution < 1.29 is 17.9 Å². The van der Waals surface area contributed by atoms with Crippen molar-refractivity contribution in [3.8, 4) is 5.75 Å². The fourth-order valence-electron chi connectivity index (χ4n) is 1.70. The lowest BCUT2D eigenvalue weighted by molar-refractivity contribution is -0.134. The third-order valence-electron chi connectivity index (χ3n) is 2.83. The summed E-state index contributed by atoms with van der Waals surface area (Å²) in [5, 5.41) is -1.47. The largest absolute Gasteiger partial charge is 0.491 e. The van der Waals surface area contributed by atoms with Crippen molar-refractivity contribution in [3.63, 3.8) is 0 Å². The molecule has 1 nitrogen and oxygen atoms in total. The number of fused-ring (bicyclic) bond motifs is 1. The fraction of sp³-hybridized carbons (Fsp3) is 0.538. The van der Waals surface area contributed by atoms with Crippen LogP contribution in [0.25, 0.3) is 0 Å². The van der Waals surface area contributed by atoms with Crippen LogP contribution in [0.15, 0.2) is 23.1 Å². The molecule has 0 radical (unpaired) electrons. The summed E-state index contributed by atoms with van der Waals surface area (Å²) in [5.41, 5.74) is 0.931. The second kappa shape index (κ2) is 4.37. The van der Waals surface area contributed by atoms with Crippen molar-refractivity contribution in [3.05, 3.63) is 23.8 Å². The summed E-state index contributed by atoms with van der Waals surface area (Å²) >= 11 is 0.844. The Kier molecular flexibility index (Phi) is 3.30. The Morgan fingerprint density at radius 2 is 1.89 bits per heavy atom. The Labute approximate surface area is 109 Å². The molecular formula is C13H15F3OS. The Hall–Kier alpha value is -0.840. The van der Waals surface area contributed by atoms with Gasteiger partial charge < -0.3 is 4.74 Å². The number of halogens is 3. The molecule has 0 spiro atoms. The van der Waals surface area contributed by atoms with Gasteiger partial charge in [0, 0.05) is 0 Å². The van der Waals surface area contributed by atoms with Crippen LogP contribution in [0.4, 0.5) is 13.2 Å². The number of benzene rings is 1. The fourth-order valence-corrected chi connectivity index (χ4v) is 2.71. The van der Waals surface area contributed by atoms with Crippen LogP contribution in [0.1, 0.15) is 26.3 Å². The summed E-state index contributed by atoms with van der Waals surface area (Å²) in [6, 6.07) is 5.47. The Morgan fingerprint density at radius 1 is 1.22 bits per heavy atom. The van der Waals surface area contributed by atoms with E-state index in [1.54, 1.807) is 12.1 Å². The summed E-state index contributed by atoms with van der Waals surface area (Å²) in [5.74, 6) is 0.550. The summed E-state index contributed by atoms with van der Waals surface area (Å²) in [4.78, 5) is 0.580. The molecule has 2 rings (SSSR count). The van der Waals surface area contributed by atoms with E-state index in [1.807, 2.05) is 26.8 Å². The highest BCUT2D eigenvalue weighted by atomic mass is 32.2. The zero-order chi connectivity index (χ0) is 13.6. The first-order valence-corrected chi connectivity index (χ1v) is 6.56. The van der Waals surface area contributed by atoms with E-state index >= 15 is 0 Å². The van der Waals surface area contributed by atoms with E-state index in [0.717, 1.165) is 17.3 Å². The predicted molar refractivity (Wildman–Crippen MR) is 66.3 cm³/mol. The number of thioether (sulfide) groups is 1. The number of hydrogen-bond donors (Lipinski definition) is 0. The molecule has 100 valence electrons. The minimum Gasteiger partial charge on any atom is -0.491 e. The van der Waals surface area contributed by atoms with E-state index in [2.05, 4.69) is 0 Å². The van der Waals surface area contributed by atoms with Crippen molar-refractivity contribution in [1.82, 2.24) is 0 Å². The second-order valence-corrected chi connectivity index (χ2v) is 6.62. The maximum atomic E-state index is 12.7. The van der Waals surface area contributed by atoms with E-state index in [9.17, 15) is 13.2 Å². The molecule has 1 aliphatic heterocycles. The molecule has 0 aliphatic carbocycles. The molecule has 1 aromatic rings. The number of hydrogen-bond acceptors (Lipinski definition) is 2. The van der Waals surface area contributed by atoms with Crippen LogP contribution in [0.5, 0.6) is 5.75 Å². The van der Waals surface area contributed by atoms with Gasteiger partial charge in [-0.3, -0.25) is 0 Å². The maximum Gasteiger partial charge on any atom is 0.404 e. The number of ether oxygens (including phenoxy) is 1. The lowest BCUT2D eigenvalue weighted by Crippen LogP contribution is -2.33. The first kappa shape index (κ1) is 13.6. The minimum atomic E-state index is -4.22. The van der Waals surface area contributed by atoms with Gasteiger partial charge in [-0.2, -0.15) is 13.2 Å². The predicted octanol–water partition coefficient (Wildman–Crippen LogP) is 4.40. The van der Waals surface area contributed by atoms with E-state index in [4.69, 9.17) is 4.74 Å². The van der Waals surface area contributed by atoms with Crippen LogP contribution >= 0.6 is 11.8 Å².